The third-order valence-electron chi connectivity index (χ3n) is 4.65. The molecule has 4 heteroatoms. The summed E-state index contributed by atoms with van der Waals surface area (Å²) in [4.78, 5) is 11.2. The highest BCUT2D eigenvalue weighted by atomic mass is 15.3. The van der Waals surface area contributed by atoms with E-state index in [1.165, 1.54) is 16.7 Å². The van der Waals surface area contributed by atoms with E-state index in [1.807, 2.05) is 18.6 Å². The summed E-state index contributed by atoms with van der Waals surface area (Å²) in [5.41, 5.74) is 3.94. The number of imidazole rings is 1. The van der Waals surface area contributed by atoms with Crippen LogP contribution in [-0.4, -0.2) is 19.4 Å². The first-order chi connectivity index (χ1) is 11.3. The molecule has 0 radical (unpaired) electrons. The Kier molecular flexibility index (Phi) is 3.67. The van der Waals surface area contributed by atoms with E-state index in [4.69, 9.17) is 0 Å². The number of rotatable bonds is 3. The molecule has 2 aromatic heterocycles. The summed E-state index contributed by atoms with van der Waals surface area (Å²) < 4.78 is 2.27. The Morgan fingerprint density at radius 1 is 1.13 bits per heavy atom. The van der Waals surface area contributed by atoms with Gasteiger partial charge in [0.1, 0.15) is 5.82 Å². The lowest BCUT2D eigenvalue weighted by molar-refractivity contribution is 0.128. The fourth-order valence-corrected chi connectivity index (χ4v) is 3.31. The van der Waals surface area contributed by atoms with Crippen molar-refractivity contribution in [2.24, 2.45) is 0 Å². The first kappa shape index (κ1) is 14.2. The van der Waals surface area contributed by atoms with Crippen LogP contribution in [0.4, 0.5) is 0 Å². The Hall–Kier alpha value is -2.46. The van der Waals surface area contributed by atoms with E-state index >= 15 is 0 Å². The van der Waals surface area contributed by atoms with Crippen molar-refractivity contribution in [1.29, 1.82) is 0 Å². The maximum Gasteiger partial charge on any atom is 0.122 e. The van der Waals surface area contributed by atoms with E-state index in [1.54, 1.807) is 0 Å². The van der Waals surface area contributed by atoms with E-state index in [2.05, 4.69) is 69.0 Å². The molecule has 4 nitrogen and oxygen atoms in total. The smallest absolute Gasteiger partial charge is 0.122 e. The number of benzene rings is 1. The lowest BCUT2D eigenvalue weighted by Crippen LogP contribution is -2.36. The summed E-state index contributed by atoms with van der Waals surface area (Å²) in [7, 11) is 0. The van der Waals surface area contributed by atoms with Gasteiger partial charge in [0.25, 0.3) is 0 Å². The third kappa shape index (κ3) is 2.78. The van der Waals surface area contributed by atoms with Crippen LogP contribution in [0.25, 0.3) is 0 Å². The highest BCUT2D eigenvalue weighted by Gasteiger charge is 2.28. The number of hydrogen-bond acceptors (Lipinski definition) is 3. The van der Waals surface area contributed by atoms with Crippen LogP contribution in [0.3, 0.4) is 0 Å². The molecule has 0 aliphatic carbocycles. The molecular formula is C19H20N4. The van der Waals surface area contributed by atoms with E-state index in [9.17, 15) is 0 Å². The Bertz CT molecular complexity index is 794. The van der Waals surface area contributed by atoms with Crippen molar-refractivity contribution >= 4 is 0 Å². The molecule has 1 aromatic carbocycles. The average molecular weight is 304 g/mol. The average Bonchev–Trinajstić information content (AvgIpc) is 3.04. The maximum atomic E-state index is 4.51. The Balaban J connectivity index is 1.68. The van der Waals surface area contributed by atoms with Crippen molar-refractivity contribution < 1.29 is 0 Å². The van der Waals surface area contributed by atoms with Gasteiger partial charge in [0.2, 0.25) is 0 Å². The maximum absolute atomic E-state index is 4.51. The van der Waals surface area contributed by atoms with Gasteiger partial charge in [0.05, 0.1) is 12.6 Å². The summed E-state index contributed by atoms with van der Waals surface area (Å²) in [6.07, 6.45) is 7.81. The molecule has 0 amide bonds. The number of hydrogen-bond donors (Lipinski definition) is 0. The van der Waals surface area contributed by atoms with Crippen molar-refractivity contribution in [2.75, 3.05) is 0 Å². The van der Waals surface area contributed by atoms with Gasteiger partial charge >= 0.3 is 0 Å². The second-order valence-electron chi connectivity index (χ2n) is 6.13. The van der Waals surface area contributed by atoms with Crippen molar-refractivity contribution in [1.82, 2.24) is 19.4 Å². The van der Waals surface area contributed by atoms with Crippen LogP contribution < -0.4 is 0 Å². The summed E-state index contributed by atoms with van der Waals surface area (Å²) >= 11 is 0. The first-order valence-corrected chi connectivity index (χ1v) is 8.00. The third-order valence-corrected chi connectivity index (χ3v) is 4.65. The van der Waals surface area contributed by atoms with E-state index < -0.39 is 0 Å². The van der Waals surface area contributed by atoms with E-state index in [-0.39, 0.29) is 0 Å². The van der Waals surface area contributed by atoms with Crippen molar-refractivity contribution in [3.63, 3.8) is 0 Å². The molecule has 0 N–H and O–H groups in total. The SMILES string of the molecule is Cc1cnccc1CN1Cc2nccn2CC1c1ccccc1. The van der Waals surface area contributed by atoms with Gasteiger partial charge in [-0.05, 0) is 29.7 Å². The predicted molar refractivity (Wildman–Crippen MR) is 89.6 cm³/mol. The second-order valence-corrected chi connectivity index (χ2v) is 6.13. The molecule has 3 heterocycles. The van der Waals surface area contributed by atoms with Crippen LogP contribution in [0.5, 0.6) is 0 Å². The van der Waals surface area contributed by atoms with Crippen LogP contribution in [0.2, 0.25) is 0 Å². The Labute approximate surface area is 136 Å². The van der Waals surface area contributed by atoms with Crippen LogP contribution in [0.15, 0.2) is 61.2 Å². The summed E-state index contributed by atoms with van der Waals surface area (Å²) in [5.74, 6) is 1.14. The van der Waals surface area contributed by atoms with Gasteiger partial charge in [-0.25, -0.2) is 4.98 Å². The van der Waals surface area contributed by atoms with Gasteiger partial charge in [-0.3, -0.25) is 9.88 Å². The van der Waals surface area contributed by atoms with Crippen molar-refractivity contribution in [3.8, 4) is 0 Å². The minimum absolute atomic E-state index is 0.366. The van der Waals surface area contributed by atoms with Gasteiger partial charge in [0.15, 0.2) is 0 Å². The molecule has 0 fully saturated rings. The molecule has 0 spiro atoms. The molecule has 4 rings (SSSR count). The summed E-state index contributed by atoms with van der Waals surface area (Å²) in [5, 5.41) is 0. The number of aryl methyl sites for hydroxylation is 1. The Morgan fingerprint density at radius 3 is 2.83 bits per heavy atom. The van der Waals surface area contributed by atoms with Gasteiger partial charge in [-0.15, -0.1) is 0 Å². The normalized spacial score (nSPS) is 17.9. The fraction of sp³-hybridized carbons (Fsp3) is 0.263. The van der Waals surface area contributed by atoms with Crippen LogP contribution in [0, 0.1) is 6.92 Å². The molecule has 23 heavy (non-hydrogen) atoms. The minimum Gasteiger partial charge on any atom is -0.332 e. The molecule has 3 aromatic rings. The zero-order valence-corrected chi connectivity index (χ0v) is 13.3. The molecule has 1 aliphatic heterocycles. The quantitative estimate of drug-likeness (QED) is 0.744. The van der Waals surface area contributed by atoms with Crippen LogP contribution in [-0.2, 0) is 19.6 Å². The molecule has 0 saturated carbocycles. The first-order valence-electron chi connectivity index (χ1n) is 8.00. The summed E-state index contributed by atoms with van der Waals surface area (Å²) in [6, 6.07) is 13.2. The minimum atomic E-state index is 0.366. The molecule has 0 bridgehead atoms. The molecule has 1 unspecified atom stereocenters. The highest BCUT2D eigenvalue weighted by Crippen LogP contribution is 2.30. The topological polar surface area (TPSA) is 34.0 Å². The monoisotopic (exact) mass is 304 g/mol. The second kappa shape index (κ2) is 5.97. The molecule has 0 saturated heterocycles. The highest BCUT2D eigenvalue weighted by molar-refractivity contribution is 5.24. The number of aromatic nitrogens is 3. The van der Waals surface area contributed by atoms with Crippen LogP contribution in [0.1, 0.15) is 28.6 Å². The number of fused-ring (bicyclic) bond motifs is 1. The van der Waals surface area contributed by atoms with E-state index in [0.29, 0.717) is 6.04 Å². The van der Waals surface area contributed by atoms with E-state index in [0.717, 1.165) is 25.5 Å². The zero-order chi connectivity index (χ0) is 15.6. The molecule has 1 atom stereocenters. The molecular weight excluding hydrogens is 284 g/mol. The molecule has 116 valence electrons. The lowest BCUT2D eigenvalue weighted by Gasteiger charge is -2.36. The summed E-state index contributed by atoms with van der Waals surface area (Å²) in [6.45, 7) is 4.86. The van der Waals surface area contributed by atoms with Gasteiger partial charge in [0, 0.05) is 37.9 Å². The molecule has 1 aliphatic rings. The number of nitrogens with zero attached hydrogens (tertiary/aromatic N) is 4. The van der Waals surface area contributed by atoms with Gasteiger partial charge in [-0.2, -0.15) is 0 Å². The lowest BCUT2D eigenvalue weighted by atomic mass is 10.0. The van der Waals surface area contributed by atoms with Crippen molar-refractivity contribution in [3.05, 3.63) is 83.7 Å². The Morgan fingerprint density at radius 2 is 2.00 bits per heavy atom. The van der Waals surface area contributed by atoms with Crippen LogP contribution >= 0.6 is 0 Å². The van der Waals surface area contributed by atoms with Crippen molar-refractivity contribution in [2.45, 2.75) is 32.6 Å². The fourth-order valence-electron chi connectivity index (χ4n) is 3.31. The standard InChI is InChI=1S/C19H20N4/c1-15-11-20-8-7-17(15)12-23-14-19-21-9-10-22(19)13-18(23)16-5-3-2-4-6-16/h2-11,18H,12-14H2,1H3. The zero-order valence-electron chi connectivity index (χ0n) is 13.3. The predicted octanol–water partition coefficient (Wildman–Crippen LogP) is 3.34. The van der Waals surface area contributed by atoms with Gasteiger partial charge in [-0.1, -0.05) is 30.3 Å². The number of pyridine rings is 1. The van der Waals surface area contributed by atoms with Gasteiger partial charge < -0.3 is 4.57 Å². The largest absolute Gasteiger partial charge is 0.332 e.